The van der Waals surface area contributed by atoms with E-state index >= 15 is 0 Å². The highest BCUT2D eigenvalue weighted by atomic mass is 16.5. The first-order valence-electron chi connectivity index (χ1n) is 8.57. The average Bonchev–Trinajstić information content (AvgIpc) is 3.05. The molecule has 2 aromatic carbocycles. The maximum Gasteiger partial charge on any atom is 0.340 e. The van der Waals surface area contributed by atoms with Gasteiger partial charge in [0.25, 0.3) is 0 Å². The van der Waals surface area contributed by atoms with Crippen LogP contribution in [0, 0.1) is 0 Å². The van der Waals surface area contributed by atoms with Gasteiger partial charge in [0, 0.05) is 6.42 Å². The molecule has 27 heavy (non-hydrogen) atoms. The van der Waals surface area contributed by atoms with Gasteiger partial charge in [-0.1, -0.05) is 19.1 Å². The molecule has 0 radical (unpaired) electrons. The molecule has 1 amide bonds. The Kier molecular flexibility index (Phi) is 5.40. The van der Waals surface area contributed by atoms with Crippen molar-refractivity contribution in [1.29, 1.82) is 0 Å². The largest absolute Gasteiger partial charge is 0.497 e. The van der Waals surface area contributed by atoms with E-state index in [0.29, 0.717) is 17.9 Å². The molecule has 1 N–H and O–H groups in total. The Morgan fingerprint density at radius 3 is 2.63 bits per heavy atom. The van der Waals surface area contributed by atoms with Gasteiger partial charge < -0.3 is 19.4 Å². The summed E-state index contributed by atoms with van der Waals surface area (Å²) in [5.74, 6) is 0.520. The van der Waals surface area contributed by atoms with E-state index in [1.807, 2.05) is 35.8 Å². The number of amides is 1. The predicted octanol–water partition coefficient (Wildman–Crippen LogP) is 3.03. The maximum atomic E-state index is 12.7. The van der Waals surface area contributed by atoms with Crippen LogP contribution in [0.25, 0.3) is 11.0 Å². The molecule has 140 valence electrons. The molecule has 0 unspecified atom stereocenters. The first-order valence-corrected chi connectivity index (χ1v) is 8.57. The lowest BCUT2D eigenvalue weighted by Gasteiger charge is -2.13. The van der Waals surface area contributed by atoms with Gasteiger partial charge in [-0.15, -0.1) is 0 Å². The lowest BCUT2D eigenvalue weighted by Crippen LogP contribution is -2.21. The number of hydrogen-bond donors (Lipinski definition) is 1. The number of aryl methyl sites for hydroxylation is 1. The minimum absolute atomic E-state index is 0.0936. The Morgan fingerprint density at radius 1 is 1.15 bits per heavy atom. The zero-order chi connectivity index (χ0) is 19.4. The Labute approximate surface area is 156 Å². The Hall–Kier alpha value is -3.35. The number of imidazole rings is 1. The van der Waals surface area contributed by atoms with Crippen molar-refractivity contribution >= 4 is 28.6 Å². The van der Waals surface area contributed by atoms with Crippen molar-refractivity contribution in [2.24, 2.45) is 0 Å². The number of benzene rings is 2. The smallest absolute Gasteiger partial charge is 0.340 e. The van der Waals surface area contributed by atoms with Crippen molar-refractivity contribution in [3.05, 3.63) is 53.9 Å². The summed E-state index contributed by atoms with van der Waals surface area (Å²) in [5, 5.41) is 2.79. The fraction of sp³-hybridized carbons (Fsp3) is 0.250. The van der Waals surface area contributed by atoms with E-state index in [9.17, 15) is 9.59 Å². The molecule has 0 saturated carbocycles. The fourth-order valence-corrected chi connectivity index (χ4v) is 2.94. The minimum Gasteiger partial charge on any atom is -0.497 e. The van der Waals surface area contributed by atoms with E-state index in [1.54, 1.807) is 12.1 Å². The summed E-state index contributed by atoms with van der Waals surface area (Å²) >= 11 is 0. The molecule has 0 bridgehead atoms. The topological polar surface area (TPSA) is 82.5 Å². The van der Waals surface area contributed by atoms with E-state index < -0.39 is 5.97 Å². The van der Waals surface area contributed by atoms with Gasteiger partial charge in [0.1, 0.15) is 18.1 Å². The molecule has 0 atom stereocenters. The predicted molar refractivity (Wildman–Crippen MR) is 102 cm³/mol. The number of nitrogens with one attached hydrogen (secondary N) is 1. The summed E-state index contributed by atoms with van der Waals surface area (Å²) in [4.78, 5) is 29.3. The van der Waals surface area contributed by atoms with Gasteiger partial charge in [0.2, 0.25) is 5.91 Å². The highest BCUT2D eigenvalue weighted by Gasteiger charge is 2.17. The SMILES string of the molecule is CCc1nc2ccccc2n1CC(=O)Nc1ccc(OC)cc1C(=O)OC. The zero-order valence-electron chi connectivity index (χ0n) is 15.5. The fourth-order valence-electron chi connectivity index (χ4n) is 2.94. The average molecular weight is 367 g/mol. The van der Waals surface area contributed by atoms with Crippen LogP contribution < -0.4 is 10.1 Å². The number of methoxy groups -OCH3 is 2. The highest BCUT2D eigenvalue weighted by molar-refractivity contribution is 6.01. The van der Waals surface area contributed by atoms with Crippen molar-refractivity contribution in [2.45, 2.75) is 19.9 Å². The number of fused-ring (bicyclic) bond motifs is 1. The lowest BCUT2D eigenvalue weighted by molar-refractivity contribution is -0.116. The molecule has 1 heterocycles. The third kappa shape index (κ3) is 3.76. The number of hydrogen-bond acceptors (Lipinski definition) is 5. The van der Waals surface area contributed by atoms with Gasteiger partial charge in [-0.2, -0.15) is 0 Å². The second-order valence-electron chi connectivity index (χ2n) is 5.91. The van der Waals surface area contributed by atoms with E-state index in [0.717, 1.165) is 16.9 Å². The molecule has 0 saturated heterocycles. The van der Waals surface area contributed by atoms with Crippen LogP contribution in [-0.4, -0.2) is 35.6 Å². The number of para-hydroxylation sites is 2. The van der Waals surface area contributed by atoms with Gasteiger partial charge >= 0.3 is 5.97 Å². The Morgan fingerprint density at radius 2 is 1.93 bits per heavy atom. The Bertz CT molecular complexity index is 994. The van der Waals surface area contributed by atoms with Crippen molar-refractivity contribution in [3.63, 3.8) is 0 Å². The van der Waals surface area contributed by atoms with Crippen molar-refractivity contribution in [1.82, 2.24) is 9.55 Å². The Balaban J connectivity index is 1.88. The van der Waals surface area contributed by atoms with Crippen LogP contribution >= 0.6 is 0 Å². The molecule has 7 heteroatoms. The number of rotatable bonds is 6. The molecule has 0 aliphatic carbocycles. The van der Waals surface area contributed by atoms with Crippen LogP contribution in [0.2, 0.25) is 0 Å². The molecule has 0 aliphatic heterocycles. The van der Waals surface area contributed by atoms with E-state index in [-0.39, 0.29) is 18.0 Å². The minimum atomic E-state index is -0.550. The number of nitrogens with zero attached hydrogens (tertiary/aromatic N) is 2. The first kappa shape index (κ1) is 18.4. The second kappa shape index (κ2) is 7.90. The van der Waals surface area contributed by atoms with Crippen LogP contribution in [0.4, 0.5) is 5.69 Å². The summed E-state index contributed by atoms with van der Waals surface area (Å²) < 4.78 is 11.8. The van der Waals surface area contributed by atoms with E-state index in [4.69, 9.17) is 9.47 Å². The van der Waals surface area contributed by atoms with Crippen LogP contribution in [0.3, 0.4) is 0 Å². The third-order valence-corrected chi connectivity index (χ3v) is 4.26. The van der Waals surface area contributed by atoms with E-state index in [2.05, 4.69) is 10.3 Å². The number of anilines is 1. The maximum absolute atomic E-state index is 12.7. The molecule has 7 nitrogen and oxygen atoms in total. The van der Waals surface area contributed by atoms with Gasteiger partial charge in [0.05, 0.1) is 36.5 Å². The van der Waals surface area contributed by atoms with Crippen LogP contribution in [-0.2, 0) is 22.5 Å². The number of esters is 1. The van der Waals surface area contributed by atoms with Gasteiger partial charge in [-0.25, -0.2) is 9.78 Å². The number of ether oxygens (including phenoxy) is 2. The first-order chi connectivity index (χ1) is 13.1. The second-order valence-corrected chi connectivity index (χ2v) is 5.91. The highest BCUT2D eigenvalue weighted by Crippen LogP contribution is 2.23. The monoisotopic (exact) mass is 367 g/mol. The summed E-state index contributed by atoms with van der Waals surface area (Å²) in [6, 6.07) is 12.5. The molecule has 1 aromatic heterocycles. The summed E-state index contributed by atoms with van der Waals surface area (Å²) in [6.45, 7) is 2.09. The third-order valence-electron chi connectivity index (χ3n) is 4.26. The van der Waals surface area contributed by atoms with Crippen LogP contribution in [0.5, 0.6) is 5.75 Å². The van der Waals surface area contributed by atoms with Gasteiger partial charge in [-0.3, -0.25) is 4.79 Å². The molecule has 0 aliphatic rings. The summed E-state index contributed by atoms with van der Waals surface area (Å²) in [5.41, 5.74) is 2.35. The molecule has 3 rings (SSSR count). The van der Waals surface area contributed by atoms with E-state index in [1.165, 1.54) is 20.3 Å². The molecule has 0 spiro atoms. The van der Waals surface area contributed by atoms with Crippen LogP contribution in [0.1, 0.15) is 23.1 Å². The summed E-state index contributed by atoms with van der Waals surface area (Å²) in [7, 11) is 2.80. The number of aromatic nitrogens is 2. The van der Waals surface area contributed by atoms with Crippen LogP contribution in [0.15, 0.2) is 42.5 Å². The van der Waals surface area contributed by atoms with Gasteiger partial charge in [0.15, 0.2) is 0 Å². The van der Waals surface area contributed by atoms with Crippen molar-refractivity contribution < 1.29 is 19.1 Å². The molecular formula is C20H21N3O4. The molecule has 3 aromatic rings. The quantitative estimate of drug-likeness (QED) is 0.677. The molecule has 0 fully saturated rings. The van der Waals surface area contributed by atoms with Crippen molar-refractivity contribution in [3.8, 4) is 5.75 Å². The number of carbonyl (C=O) groups is 2. The number of carbonyl (C=O) groups excluding carboxylic acids is 2. The molecular weight excluding hydrogens is 346 g/mol. The summed E-state index contributed by atoms with van der Waals surface area (Å²) in [6.07, 6.45) is 0.706. The standard InChI is InChI=1S/C20H21N3O4/c1-4-18-21-16-7-5-6-8-17(16)23(18)12-19(24)22-15-10-9-13(26-2)11-14(15)20(25)27-3/h5-11H,4,12H2,1-3H3,(H,22,24). The van der Waals surface area contributed by atoms with Gasteiger partial charge in [-0.05, 0) is 30.3 Å². The zero-order valence-corrected chi connectivity index (χ0v) is 15.5. The van der Waals surface area contributed by atoms with Crippen molar-refractivity contribution in [2.75, 3.05) is 19.5 Å². The normalized spacial score (nSPS) is 10.6. The lowest BCUT2D eigenvalue weighted by atomic mass is 10.1.